The third kappa shape index (κ3) is 8.09. The molecular weight excluding hydrogens is 148 g/mol. The second-order valence-electron chi connectivity index (χ2n) is 2.06. The van der Waals surface area contributed by atoms with Crippen molar-refractivity contribution in [2.45, 2.75) is 13.8 Å². The van der Waals surface area contributed by atoms with Crippen LogP contribution in [0.1, 0.15) is 13.8 Å². The van der Waals surface area contributed by atoms with Gasteiger partial charge in [-0.15, -0.1) is 0 Å². The van der Waals surface area contributed by atoms with E-state index in [9.17, 15) is 0 Å². The highest BCUT2D eigenvalue weighted by Crippen LogP contribution is 1.85. The molecule has 0 atom stereocenters. The van der Waals surface area contributed by atoms with Gasteiger partial charge in [-0.3, -0.25) is 0 Å². The van der Waals surface area contributed by atoms with Gasteiger partial charge in [-0.1, -0.05) is 11.3 Å². The van der Waals surface area contributed by atoms with Gasteiger partial charge in [0, 0.05) is 7.11 Å². The molecule has 0 radical (unpaired) electrons. The van der Waals surface area contributed by atoms with Crippen LogP contribution in [0.2, 0.25) is 0 Å². The molecule has 54 valence electrons. The smallest absolute Gasteiger partial charge is 0.293 e. The molecule has 0 bridgehead atoms. The normalized spacial score (nSPS) is 11.9. The van der Waals surface area contributed by atoms with Crippen LogP contribution < -0.4 is 0 Å². The van der Waals surface area contributed by atoms with Crippen molar-refractivity contribution in [3.8, 4) is 0 Å². The van der Waals surface area contributed by atoms with E-state index in [0.29, 0.717) is 0 Å². The maximum absolute atomic E-state index is 5.27. The van der Waals surface area contributed by atoms with Gasteiger partial charge >= 0.3 is 0 Å². The van der Waals surface area contributed by atoms with Crippen LogP contribution in [0.5, 0.6) is 0 Å². The number of rotatable bonds is 4. The van der Waals surface area contributed by atoms with Crippen molar-refractivity contribution in [1.29, 1.82) is 0 Å². The van der Waals surface area contributed by atoms with E-state index >= 15 is 0 Å². The highest BCUT2D eigenvalue weighted by atomic mass is 28.3. The molecule has 0 unspecified atom stereocenters. The fourth-order valence-corrected chi connectivity index (χ4v) is 2.21. The first-order chi connectivity index (χ1) is 4.27. The van der Waals surface area contributed by atoms with Gasteiger partial charge in [0.25, 0.3) is 10.0 Å². The number of hydrogen-bond donors (Lipinski definition) is 0. The van der Waals surface area contributed by atoms with E-state index in [1.54, 1.807) is 7.11 Å². The van der Waals surface area contributed by atoms with E-state index in [4.69, 9.17) is 8.54 Å². The summed E-state index contributed by atoms with van der Waals surface area (Å²) in [4.78, 5) is 0. The number of allylic oxidation sites excluding steroid dienone is 1. The molecular formula is C5H14O2Si2. The molecule has 0 aliphatic carbocycles. The van der Waals surface area contributed by atoms with Crippen molar-refractivity contribution < 1.29 is 8.54 Å². The van der Waals surface area contributed by atoms with E-state index in [-0.39, 0.29) is 9.76 Å². The Morgan fingerprint density at radius 1 is 1.44 bits per heavy atom. The zero-order valence-corrected chi connectivity index (χ0v) is 9.14. The summed E-state index contributed by atoms with van der Waals surface area (Å²) in [5.74, 6) is 0. The van der Waals surface area contributed by atoms with Crippen molar-refractivity contribution in [3.05, 3.63) is 11.3 Å². The first-order valence-electron chi connectivity index (χ1n) is 2.97. The van der Waals surface area contributed by atoms with Crippen molar-refractivity contribution in [2.24, 2.45) is 0 Å². The van der Waals surface area contributed by atoms with Crippen LogP contribution in [0.25, 0.3) is 0 Å². The first-order valence-corrected chi connectivity index (χ1v) is 5.52. The molecule has 0 heterocycles. The maximum atomic E-state index is 5.27. The minimum atomic E-state index is -0.604. The topological polar surface area (TPSA) is 18.5 Å². The lowest BCUT2D eigenvalue weighted by atomic mass is 10.4. The highest BCUT2D eigenvalue weighted by molar-refractivity contribution is 6.43. The van der Waals surface area contributed by atoms with E-state index in [0.717, 1.165) is 0 Å². The zero-order valence-electron chi connectivity index (χ0n) is 6.31. The Hall–Kier alpha value is 0.0938. The SMILES string of the molecule is CO[SiH2]O[SiH2]C=C(C)C. The van der Waals surface area contributed by atoms with Crippen molar-refractivity contribution in [3.63, 3.8) is 0 Å². The summed E-state index contributed by atoms with van der Waals surface area (Å²) in [5.41, 5.74) is 3.54. The Kier molecular flexibility index (Phi) is 6.28. The lowest BCUT2D eigenvalue weighted by Crippen LogP contribution is -2.03. The molecule has 0 saturated carbocycles. The van der Waals surface area contributed by atoms with E-state index in [1.165, 1.54) is 5.57 Å². The monoisotopic (exact) mass is 162 g/mol. The van der Waals surface area contributed by atoms with Crippen LogP contribution >= 0.6 is 0 Å². The summed E-state index contributed by atoms with van der Waals surface area (Å²) in [6.07, 6.45) is 0. The van der Waals surface area contributed by atoms with Gasteiger partial charge < -0.3 is 8.54 Å². The molecule has 0 N–H and O–H groups in total. The summed E-state index contributed by atoms with van der Waals surface area (Å²) >= 11 is 0. The van der Waals surface area contributed by atoms with Crippen molar-refractivity contribution in [1.82, 2.24) is 0 Å². The summed E-state index contributed by atoms with van der Waals surface area (Å²) in [7, 11) is 0.721. The molecule has 0 saturated heterocycles. The van der Waals surface area contributed by atoms with Gasteiger partial charge in [0.2, 0.25) is 0 Å². The minimum Gasteiger partial charge on any atom is -0.442 e. The molecule has 0 spiro atoms. The van der Waals surface area contributed by atoms with E-state index in [2.05, 4.69) is 19.5 Å². The molecule has 0 amide bonds. The lowest BCUT2D eigenvalue weighted by molar-refractivity contribution is 0.374. The molecule has 4 heteroatoms. The molecule has 0 aliphatic heterocycles. The second-order valence-corrected chi connectivity index (χ2v) is 5.25. The molecule has 2 nitrogen and oxygen atoms in total. The molecule has 0 rings (SSSR count). The van der Waals surface area contributed by atoms with Gasteiger partial charge in [0.05, 0.1) is 0 Å². The largest absolute Gasteiger partial charge is 0.442 e. The van der Waals surface area contributed by atoms with Gasteiger partial charge in [0.15, 0.2) is 9.76 Å². The maximum Gasteiger partial charge on any atom is 0.293 e. The van der Waals surface area contributed by atoms with Crippen LogP contribution in [-0.4, -0.2) is 26.9 Å². The van der Waals surface area contributed by atoms with Gasteiger partial charge in [-0.25, -0.2) is 0 Å². The van der Waals surface area contributed by atoms with E-state index < -0.39 is 10.0 Å². The molecule has 9 heavy (non-hydrogen) atoms. The Morgan fingerprint density at radius 2 is 2.11 bits per heavy atom. The summed E-state index contributed by atoms with van der Waals surface area (Å²) in [6, 6.07) is 0. The first kappa shape index (κ1) is 9.09. The molecule has 0 aromatic rings. The molecule has 0 aliphatic rings. The minimum absolute atomic E-state index is 0.372. The van der Waals surface area contributed by atoms with Gasteiger partial charge in [-0.05, 0) is 13.8 Å². The van der Waals surface area contributed by atoms with Crippen LogP contribution in [0.4, 0.5) is 0 Å². The Bertz CT molecular complexity index is 89.0. The van der Waals surface area contributed by atoms with Crippen molar-refractivity contribution in [2.75, 3.05) is 7.11 Å². The second kappa shape index (κ2) is 6.22. The van der Waals surface area contributed by atoms with Gasteiger partial charge in [0.1, 0.15) is 0 Å². The van der Waals surface area contributed by atoms with Gasteiger partial charge in [-0.2, -0.15) is 0 Å². The predicted octanol–water partition coefficient (Wildman–Crippen LogP) is -0.344. The molecule has 0 aromatic heterocycles. The fourth-order valence-electron chi connectivity index (χ4n) is 0.357. The van der Waals surface area contributed by atoms with Crippen LogP contribution in [-0.2, 0) is 8.54 Å². The Labute approximate surface area is 61.3 Å². The summed E-state index contributed by atoms with van der Waals surface area (Å²) in [6.45, 7) is 4.18. The van der Waals surface area contributed by atoms with Crippen LogP contribution in [0.3, 0.4) is 0 Å². The van der Waals surface area contributed by atoms with Crippen molar-refractivity contribution >= 4 is 19.8 Å². The quantitative estimate of drug-likeness (QED) is 0.416. The zero-order chi connectivity index (χ0) is 7.11. The summed E-state index contributed by atoms with van der Waals surface area (Å²) < 4.78 is 10.1. The summed E-state index contributed by atoms with van der Waals surface area (Å²) in [5, 5.41) is 0. The Balaban J connectivity index is 3.00. The third-order valence-electron chi connectivity index (χ3n) is 0.811. The van der Waals surface area contributed by atoms with Crippen LogP contribution in [0, 0.1) is 0 Å². The predicted molar refractivity (Wildman–Crippen MR) is 44.6 cm³/mol. The average Bonchev–Trinajstić information content (AvgIpc) is 1.80. The molecule has 0 fully saturated rings. The third-order valence-corrected chi connectivity index (χ3v) is 3.64. The van der Waals surface area contributed by atoms with E-state index in [1.807, 2.05) is 0 Å². The fraction of sp³-hybridized carbons (Fsp3) is 0.600. The molecule has 0 aromatic carbocycles. The average molecular weight is 162 g/mol. The van der Waals surface area contributed by atoms with Crippen LogP contribution in [0.15, 0.2) is 11.3 Å². The lowest BCUT2D eigenvalue weighted by Gasteiger charge is -1.96. The highest BCUT2D eigenvalue weighted by Gasteiger charge is 1.82. The standard InChI is InChI=1S/C5H14O2Si2/c1-5(2)4-8-7-9-6-3/h4H,8-9H2,1-3H3. The number of hydrogen-bond acceptors (Lipinski definition) is 2. The Morgan fingerprint density at radius 3 is 2.56 bits per heavy atom.